The fraction of sp³-hybridized carbons (Fsp3) is 0.333. The van der Waals surface area contributed by atoms with Crippen LogP contribution in [-0.4, -0.2) is 63.8 Å². The molecule has 0 atom stereocenters. The highest BCUT2D eigenvalue weighted by Crippen LogP contribution is 2.28. The molecule has 0 aliphatic carbocycles. The van der Waals surface area contributed by atoms with Gasteiger partial charge in [-0.2, -0.15) is 0 Å². The van der Waals surface area contributed by atoms with E-state index in [-0.39, 0.29) is 5.91 Å². The molecule has 1 heterocycles. The SMILES string of the molecule is COc1ccc(CCOc2cccc(-c3cccc(C(=O)NCCCN(C)C)c3)n2)cc1OC. The van der Waals surface area contributed by atoms with E-state index in [1.165, 1.54) is 0 Å². The van der Waals surface area contributed by atoms with Crippen LogP contribution in [0.1, 0.15) is 22.3 Å². The lowest BCUT2D eigenvalue weighted by molar-refractivity contribution is 0.0952. The van der Waals surface area contributed by atoms with Crippen LogP contribution in [0.4, 0.5) is 0 Å². The molecule has 1 N–H and O–H groups in total. The molecule has 0 radical (unpaired) electrons. The lowest BCUT2D eigenvalue weighted by atomic mass is 10.1. The van der Waals surface area contributed by atoms with Gasteiger partial charge < -0.3 is 24.4 Å². The highest BCUT2D eigenvalue weighted by Gasteiger charge is 2.09. The minimum Gasteiger partial charge on any atom is -0.493 e. The lowest BCUT2D eigenvalue weighted by Crippen LogP contribution is -2.27. The molecule has 7 heteroatoms. The summed E-state index contributed by atoms with van der Waals surface area (Å²) in [5, 5.41) is 2.98. The lowest BCUT2D eigenvalue weighted by Gasteiger charge is -2.11. The van der Waals surface area contributed by atoms with Crippen LogP contribution >= 0.6 is 0 Å². The molecular formula is C27H33N3O4. The van der Waals surface area contributed by atoms with E-state index in [2.05, 4.69) is 15.2 Å². The number of carbonyl (C=O) groups is 1. The number of pyridine rings is 1. The summed E-state index contributed by atoms with van der Waals surface area (Å²) in [6.07, 6.45) is 1.61. The van der Waals surface area contributed by atoms with Crippen LogP contribution in [0.25, 0.3) is 11.3 Å². The van der Waals surface area contributed by atoms with Crippen LogP contribution in [0, 0.1) is 0 Å². The van der Waals surface area contributed by atoms with Gasteiger partial charge in [-0.1, -0.05) is 24.3 Å². The van der Waals surface area contributed by atoms with Crippen molar-refractivity contribution in [2.45, 2.75) is 12.8 Å². The fourth-order valence-electron chi connectivity index (χ4n) is 3.48. The predicted molar refractivity (Wildman–Crippen MR) is 134 cm³/mol. The monoisotopic (exact) mass is 463 g/mol. The summed E-state index contributed by atoms with van der Waals surface area (Å²) in [6, 6.07) is 19.0. The van der Waals surface area contributed by atoms with Crippen LogP contribution < -0.4 is 19.5 Å². The number of amides is 1. The largest absolute Gasteiger partial charge is 0.493 e. The Kier molecular flexibility index (Phi) is 9.29. The Labute approximate surface area is 201 Å². The molecule has 0 saturated carbocycles. The van der Waals surface area contributed by atoms with Gasteiger partial charge in [0.15, 0.2) is 11.5 Å². The van der Waals surface area contributed by atoms with Crippen LogP contribution in [0.5, 0.6) is 17.4 Å². The summed E-state index contributed by atoms with van der Waals surface area (Å²) in [6.45, 7) is 2.05. The summed E-state index contributed by atoms with van der Waals surface area (Å²) in [7, 11) is 7.28. The summed E-state index contributed by atoms with van der Waals surface area (Å²) in [5.74, 6) is 1.85. The minimum atomic E-state index is -0.0806. The number of aromatic nitrogens is 1. The van der Waals surface area contributed by atoms with E-state index in [0.29, 0.717) is 42.5 Å². The molecule has 0 unspecified atom stereocenters. The van der Waals surface area contributed by atoms with E-state index >= 15 is 0 Å². The van der Waals surface area contributed by atoms with E-state index in [4.69, 9.17) is 14.2 Å². The van der Waals surface area contributed by atoms with Crippen molar-refractivity contribution in [2.24, 2.45) is 0 Å². The van der Waals surface area contributed by atoms with Crippen LogP contribution in [0.15, 0.2) is 60.7 Å². The maximum absolute atomic E-state index is 12.5. The first kappa shape index (κ1) is 25.1. The second-order valence-electron chi connectivity index (χ2n) is 8.14. The molecule has 0 fully saturated rings. The molecule has 1 amide bonds. The zero-order valence-corrected chi connectivity index (χ0v) is 20.3. The van der Waals surface area contributed by atoms with Gasteiger partial charge in [0.25, 0.3) is 5.91 Å². The van der Waals surface area contributed by atoms with Crippen molar-refractivity contribution < 1.29 is 19.0 Å². The summed E-state index contributed by atoms with van der Waals surface area (Å²) < 4.78 is 16.5. The number of methoxy groups -OCH3 is 2. The van der Waals surface area contributed by atoms with Crippen LogP contribution in [-0.2, 0) is 6.42 Å². The Morgan fingerprint density at radius 1 is 0.971 bits per heavy atom. The molecule has 1 aromatic heterocycles. The van der Waals surface area contributed by atoms with E-state index in [1.807, 2.05) is 74.8 Å². The first-order valence-corrected chi connectivity index (χ1v) is 11.3. The van der Waals surface area contributed by atoms with Gasteiger partial charge >= 0.3 is 0 Å². The summed E-state index contributed by atoms with van der Waals surface area (Å²) in [4.78, 5) is 19.2. The Morgan fingerprint density at radius 3 is 2.53 bits per heavy atom. The third kappa shape index (κ3) is 7.22. The van der Waals surface area contributed by atoms with Gasteiger partial charge in [-0.25, -0.2) is 4.98 Å². The molecule has 0 saturated heterocycles. The summed E-state index contributed by atoms with van der Waals surface area (Å²) >= 11 is 0. The normalized spacial score (nSPS) is 10.7. The molecule has 180 valence electrons. The van der Waals surface area contributed by atoms with Crippen molar-refractivity contribution in [1.29, 1.82) is 0 Å². The van der Waals surface area contributed by atoms with Gasteiger partial charge in [-0.15, -0.1) is 0 Å². The number of benzene rings is 2. The van der Waals surface area contributed by atoms with Crippen molar-refractivity contribution >= 4 is 5.91 Å². The number of nitrogens with zero attached hydrogens (tertiary/aromatic N) is 2. The third-order valence-electron chi connectivity index (χ3n) is 5.30. The van der Waals surface area contributed by atoms with Crippen LogP contribution in [0.3, 0.4) is 0 Å². The van der Waals surface area contributed by atoms with E-state index in [9.17, 15) is 4.79 Å². The number of nitrogens with one attached hydrogen (secondary N) is 1. The Balaban J connectivity index is 1.60. The third-order valence-corrected chi connectivity index (χ3v) is 5.30. The Bertz CT molecular complexity index is 1080. The number of ether oxygens (including phenoxy) is 3. The Morgan fingerprint density at radius 2 is 1.76 bits per heavy atom. The first-order valence-electron chi connectivity index (χ1n) is 11.3. The zero-order chi connectivity index (χ0) is 24.3. The number of rotatable bonds is 12. The maximum atomic E-state index is 12.5. The van der Waals surface area contributed by atoms with Gasteiger partial charge in [0, 0.05) is 30.2 Å². The quantitative estimate of drug-likeness (QED) is 0.408. The fourth-order valence-corrected chi connectivity index (χ4v) is 3.48. The maximum Gasteiger partial charge on any atom is 0.251 e. The molecule has 0 aliphatic heterocycles. The smallest absolute Gasteiger partial charge is 0.251 e. The highest BCUT2D eigenvalue weighted by molar-refractivity contribution is 5.95. The van der Waals surface area contributed by atoms with Gasteiger partial charge in [-0.3, -0.25) is 4.79 Å². The molecule has 0 aliphatic rings. The average Bonchev–Trinajstić information content (AvgIpc) is 2.86. The first-order chi connectivity index (χ1) is 16.5. The molecule has 0 spiro atoms. The number of hydrogen-bond donors (Lipinski definition) is 1. The molecule has 7 nitrogen and oxygen atoms in total. The van der Waals surface area contributed by atoms with Gasteiger partial charge in [0.05, 0.1) is 26.5 Å². The highest BCUT2D eigenvalue weighted by atomic mass is 16.5. The van der Waals surface area contributed by atoms with Crippen LogP contribution in [0.2, 0.25) is 0 Å². The molecule has 3 aromatic rings. The molecule has 3 rings (SSSR count). The van der Waals surface area contributed by atoms with Crippen molar-refractivity contribution in [1.82, 2.24) is 15.2 Å². The second-order valence-corrected chi connectivity index (χ2v) is 8.14. The second kappa shape index (κ2) is 12.6. The Hall–Kier alpha value is -3.58. The molecule has 2 aromatic carbocycles. The molecular weight excluding hydrogens is 430 g/mol. The number of carbonyl (C=O) groups excluding carboxylic acids is 1. The van der Waals surface area contributed by atoms with E-state index < -0.39 is 0 Å². The van der Waals surface area contributed by atoms with Gasteiger partial charge in [-0.05, 0) is 63.0 Å². The topological polar surface area (TPSA) is 72.9 Å². The molecule has 0 bridgehead atoms. The standard InChI is InChI=1S/C27H33N3O4/c1-30(2)16-7-15-28-27(31)22-9-5-8-21(19-22)23-10-6-11-26(29-23)34-17-14-20-12-13-24(32-3)25(18-20)33-4/h5-6,8-13,18-19H,7,14-17H2,1-4H3,(H,28,31). The van der Waals surface area contributed by atoms with Crippen molar-refractivity contribution in [3.05, 3.63) is 71.8 Å². The minimum absolute atomic E-state index is 0.0806. The van der Waals surface area contributed by atoms with Crippen molar-refractivity contribution in [3.63, 3.8) is 0 Å². The van der Waals surface area contributed by atoms with E-state index in [1.54, 1.807) is 14.2 Å². The van der Waals surface area contributed by atoms with Crippen molar-refractivity contribution in [3.8, 4) is 28.6 Å². The van der Waals surface area contributed by atoms with Crippen molar-refractivity contribution in [2.75, 3.05) is 48.0 Å². The van der Waals surface area contributed by atoms with E-state index in [0.717, 1.165) is 29.8 Å². The summed E-state index contributed by atoms with van der Waals surface area (Å²) in [5.41, 5.74) is 3.32. The molecule has 34 heavy (non-hydrogen) atoms. The van der Waals surface area contributed by atoms with Gasteiger partial charge in [0.1, 0.15) is 0 Å². The number of hydrogen-bond acceptors (Lipinski definition) is 6. The van der Waals surface area contributed by atoms with Gasteiger partial charge in [0.2, 0.25) is 5.88 Å². The zero-order valence-electron chi connectivity index (χ0n) is 20.3. The average molecular weight is 464 g/mol. The predicted octanol–water partition coefficient (Wildman–Crippen LogP) is 4.07.